The van der Waals surface area contributed by atoms with Crippen LogP contribution >= 0.6 is 0 Å². The fourth-order valence-corrected chi connectivity index (χ4v) is 4.66. The number of esters is 2. The first kappa shape index (κ1) is 40.5. The van der Waals surface area contributed by atoms with Gasteiger partial charge < -0.3 is 19.7 Å². The Morgan fingerprint density at radius 1 is 0.465 bits per heavy atom. The molecule has 0 fully saturated rings. The van der Waals surface area contributed by atoms with Crippen LogP contribution in [0.1, 0.15) is 184 Å². The van der Waals surface area contributed by atoms with E-state index in [4.69, 9.17) is 9.47 Å². The van der Waals surface area contributed by atoms with E-state index in [1.54, 1.807) is 0 Å². The minimum atomic E-state index is -1.69. The van der Waals surface area contributed by atoms with Gasteiger partial charge in [0.2, 0.25) is 0 Å². The van der Waals surface area contributed by atoms with Crippen LogP contribution in [0.5, 0.6) is 0 Å². The molecule has 1 rings (SSSR count). The first-order valence-electron chi connectivity index (χ1n) is 16.1. The first-order valence-corrected chi connectivity index (χ1v) is 16.1. The minimum absolute atomic E-state index is 0. The normalized spacial score (nSPS) is 10.7. The Morgan fingerprint density at radius 2 is 0.721 bits per heavy atom. The number of carbonyl (C=O) groups excluding carboxylic acids is 2. The van der Waals surface area contributed by atoms with Crippen molar-refractivity contribution >= 4 is 23.9 Å². The van der Waals surface area contributed by atoms with Crippen LogP contribution in [0.2, 0.25) is 0 Å². The van der Waals surface area contributed by atoms with Crippen molar-refractivity contribution in [2.75, 3.05) is 13.2 Å². The minimum Gasteiger partial charge on any atom is -0.476 e. The predicted octanol–water partition coefficient (Wildman–Crippen LogP) is 8.03. The van der Waals surface area contributed by atoms with E-state index in [1.165, 1.54) is 77.0 Å². The van der Waals surface area contributed by atoms with Crippen LogP contribution in [-0.4, -0.2) is 57.3 Å². The molecule has 244 valence electrons. The van der Waals surface area contributed by atoms with Crippen molar-refractivity contribution < 1.29 is 55.9 Å². The zero-order valence-corrected chi connectivity index (χ0v) is 27.3. The zero-order valence-electron chi connectivity index (χ0n) is 26.1. The van der Waals surface area contributed by atoms with Crippen LogP contribution < -0.4 is 0 Å². The SMILES string of the molecule is CCCCCCCCCCCCOC(=O)c1nc(C(=O)O)c(C(=O)O)nc1C(=O)OCCCCCCCCCCCC.[Fe+2]. The molecule has 0 amide bonds. The van der Waals surface area contributed by atoms with Gasteiger partial charge in [-0.05, 0) is 12.8 Å². The van der Waals surface area contributed by atoms with Gasteiger partial charge >= 0.3 is 40.9 Å². The summed E-state index contributed by atoms with van der Waals surface area (Å²) in [5, 5.41) is 18.8. The summed E-state index contributed by atoms with van der Waals surface area (Å²) in [6.45, 7) is 4.52. The molecule has 0 spiro atoms. The Balaban J connectivity index is 0.0000176. The number of aromatic nitrogens is 2. The van der Waals surface area contributed by atoms with Crippen LogP contribution in [-0.2, 0) is 26.5 Å². The molecule has 0 aliphatic carbocycles. The molecule has 1 heterocycles. The van der Waals surface area contributed by atoms with Crippen molar-refractivity contribution in [3.05, 3.63) is 22.8 Å². The van der Waals surface area contributed by atoms with E-state index in [2.05, 4.69) is 23.8 Å². The molecule has 10 nitrogen and oxygen atoms in total. The van der Waals surface area contributed by atoms with Crippen LogP contribution in [0.25, 0.3) is 0 Å². The van der Waals surface area contributed by atoms with Crippen molar-refractivity contribution in [1.29, 1.82) is 0 Å². The summed E-state index contributed by atoms with van der Waals surface area (Å²) in [4.78, 5) is 56.1. The van der Waals surface area contributed by atoms with E-state index in [-0.39, 0.29) is 30.3 Å². The molecule has 0 aliphatic heterocycles. The van der Waals surface area contributed by atoms with Crippen molar-refractivity contribution in [3.8, 4) is 0 Å². The van der Waals surface area contributed by atoms with Gasteiger partial charge in [0.15, 0.2) is 22.8 Å². The largest absolute Gasteiger partial charge is 2.00 e. The molecule has 0 saturated carbocycles. The number of carbonyl (C=O) groups is 4. The molecule has 2 N–H and O–H groups in total. The number of rotatable bonds is 26. The van der Waals surface area contributed by atoms with Gasteiger partial charge in [0.1, 0.15) is 0 Å². The molecule has 0 aromatic carbocycles. The van der Waals surface area contributed by atoms with Gasteiger partial charge in [-0.3, -0.25) is 0 Å². The molecule has 0 aliphatic rings. The van der Waals surface area contributed by atoms with Crippen molar-refractivity contribution in [2.45, 2.75) is 142 Å². The summed E-state index contributed by atoms with van der Waals surface area (Å²) >= 11 is 0. The van der Waals surface area contributed by atoms with Gasteiger partial charge in [-0.15, -0.1) is 0 Å². The van der Waals surface area contributed by atoms with Crippen molar-refractivity contribution in [2.24, 2.45) is 0 Å². The number of unbranched alkanes of at least 4 members (excludes halogenated alkanes) is 18. The quantitative estimate of drug-likeness (QED) is 0.0573. The fraction of sp³-hybridized carbons (Fsp3) is 0.750. The molecule has 0 radical (unpaired) electrons. The summed E-state index contributed by atoms with van der Waals surface area (Å²) in [7, 11) is 0. The number of aromatic carboxylic acids is 2. The Labute approximate surface area is 267 Å². The summed E-state index contributed by atoms with van der Waals surface area (Å²) in [6, 6.07) is 0. The zero-order chi connectivity index (χ0) is 31.0. The molecule has 0 saturated heterocycles. The second-order valence-electron chi connectivity index (χ2n) is 10.9. The Bertz CT molecular complexity index is 883. The van der Waals surface area contributed by atoms with E-state index in [9.17, 15) is 29.4 Å². The topological polar surface area (TPSA) is 153 Å². The predicted molar refractivity (Wildman–Crippen MR) is 160 cm³/mol. The van der Waals surface area contributed by atoms with Gasteiger partial charge in [0, 0.05) is 0 Å². The summed E-state index contributed by atoms with van der Waals surface area (Å²) < 4.78 is 10.5. The van der Waals surface area contributed by atoms with Gasteiger partial charge in [0.05, 0.1) is 13.2 Å². The van der Waals surface area contributed by atoms with Crippen molar-refractivity contribution in [3.63, 3.8) is 0 Å². The van der Waals surface area contributed by atoms with Crippen LogP contribution in [0, 0.1) is 0 Å². The maximum absolute atomic E-state index is 12.8. The van der Waals surface area contributed by atoms with Crippen LogP contribution in [0.4, 0.5) is 0 Å². The third-order valence-corrected chi connectivity index (χ3v) is 7.15. The number of nitrogens with zero attached hydrogens (tertiary/aromatic N) is 2. The van der Waals surface area contributed by atoms with E-state index < -0.39 is 46.7 Å². The summed E-state index contributed by atoms with van der Waals surface area (Å²) in [6.07, 6.45) is 22.1. The Morgan fingerprint density at radius 3 is 0.977 bits per heavy atom. The van der Waals surface area contributed by atoms with Gasteiger partial charge in [-0.1, -0.05) is 129 Å². The number of hydrogen-bond donors (Lipinski definition) is 2. The maximum atomic E-state index is 12.8. The molecule has 0 bridgehead atoms. The van der Waals surface area contributed by atoms with Gasteiger partial charge in [0.25, 0.3) is 0 Å². The third-order valence-electron chi connectivity index (χ3n) is 7.15. The summed E-state index contributed by atoms with van der Waals surface area (Å²) in [5.41, 5.74) is -3.20. The fourth-order valence-electron chi connectivity index (χ4n) is 4.66. The Hall–Kier alpha value is -2.52. The number of hydrogen-bond acceptors (Lipinski definition) is 8. The average Bonchev–Trinajstić information content (AvgIpc) is 2.97. The average molecular weight is 649 g/mol. The number of carboxylic acid groups (broad SMARTS) is 2. The number of ether oxygens (including phenoxy) is 2. The van der Waals surface area contributed by atoms with E-state index in [0.717, 1.165) is 38.5 Å². The third kappa shape index (κ3) is 18.0. The molecule has 0 atom stereocenters. The molecule has 43 heavy (non-hydrogen) atoms. The molecular formula is C32H52FeN2O8+2. The maximum Gasteiger partial charge on any atom is 2.00 e. The monoisotopic (exact) mass is 648 g/mol. The molecule has 11 heteroatoms. The molecule has 0 unspecified atom stereocenters. The number of carboxylic acids is 2. The van der Waals surface area contributed by atoms with Gasteiger partial charge in [-0.25, -0.2) is 29.1 Å². The van der Waals surface area contributed by atoms with Crippen molar-refractivity contribution in [1.82, 2.24) is 9.97 Å². The molecule has 1 aromatic heterocycles. The van der Waals surface area contributed by atoms with E-state index >= 15 is 0 Å². The standard InChI is InChI=1S/C32H52N2O8.Fe/c1-3-5-7-9-11-13-15-17-19-21-23-41-31(39)27-28(34-26(30(37)38)25(33-27)29(35)36)32(40)42-24-22-20-18-16-14-12-10-8-6-4-2;/h3-24H2,1-2H3,(H,35,36)(H,37,38);/q;+2. The van der Waals surface area contributed by atoms with Crippen LogP contribution in [0.15, 0.2) is 0 Å². The second-order valence-corrected chi connectivity index (χ2v) is 10.9. The van der Waals surface area contributed by atoms with Gasteiger partial charge in [-0.2, -0.15) is 0 Å². The first-order chi connectivity index (χ1) is 20.3. The second kappa shape index (κ2) is 25.9. The molecular weight excluding hydrogens is 596 g/mol. The van der Waals surface area contributed by atoms with E-state index in [0.29, 0.717) is 12.8 Å². The smallest absolute Gasteiger partial charge is 0.476 e. The van der Waals surface area contributed by atoms with E-state index in [1.807, 2.05) is 0 Å². The summed E-state index contributed by atoms with van der Waals surface area (Å²) in [5.74, 6) is -5.45. The van der Waals surface area contributed by atoms with Crippen LogP contribution in [0.3, 0.4) is 0 Å². The molecule has 1 aromatic rings. The Kier molecular flexibility index (Phi) is 24.4.